The van der Waals surface area contributed by atoms with Crippen LogP contribution in [0.5, 0.6) is 5.75 Å². The third kappa shape index (κ3) is 4.42. The van der Waals surface area contributed by atoms with Gasteiger partial charge >= 0.3 is 0 Å². The first-order valence-electron chi connectivity index (χ1n) is 4.85. The fourth-order valence-electron chi connectivity index (χ4n) is 1.18. The van der Waals surface area contributed by atoms with Gasteiger partial charge in [0.2, 0.25) is 0 Å². The molecule has 0 saturated heterocycles. The molecule has 3 heteroatoms. The lowest BCUT2D eigenvalue weighted by Gasteiger charge is -2.05. The minimum Gasteiger partial charge on any atom is -0.508 e. The van der Waals surface area contributed by atoms with Crippen LogP contribution in [0.3, 0.4) is 0 Å². The summed E-state index contributed by atoms with van der Waals surface area (Å²) in [5.74, 6) is 1.55. The molecule has 0 heterocycles. The van der Waals surface area contributed by atoms with E-state index < -0.39 is 0 Å². The summed E-state index contributed by atoms with van der Waals surface area (Å²) in [7, 11) is 0. The minimum absolute atomic E-state index is 0.318. The van der Waals surface area contributed by atoms with Gasteiger partial charge in [-0.3, -0.25) is 0 Å². The molecular formula is C11H17NOS. The third-order valence-corrected chi connectivity index (χ3v) is 2.67. The lowest BCUT2D eigenvalue weighted by Crippen LogP contribution is -2.01. The maximum atomic E-state index is 9.07. The number of benzene rings is 1. The van der Waals surface area contributed by atoms with Gasteiger partial charge in [-0.25, -0.2) is 0 Å². The van der Waals surface area contributed by atoms with Crippen LogP contribution in [0.1, 0.15) is 12.8 Å². The number of anilines is 1. The molecule has 2 N–H and O–H groups in total. The molecule has 0 bridgehead atoms. The van der Waals surface area contributed by atoms with E-state index in [1.165, 1.54) is 18.6 Å². The van der Waals surface area contributed by atoms with E-state index in [0.717, 1.165) is 12.2 Å². The van der Waals surface area contributed by atoms with E-state index in [9.17, 15) is 0 Å². The quantitative estimate of drug-likeness (QED) is 0.560. The summed E-state index contributed by atoms with van der Waals surface area (Å²) in [4.78, 5) is 0. The SMILES string of the molecule is CSCCCCNc1ccc(O)cc1. The maximum absolute atomic E-state index is 9.07. The molecule has 0 radical (unpaired) electrons. The van der Waals surface area contributed by atoms with E-state index in [0.29, 0.717) is 5.75 Å². The van der Waals surface area contributed by atoms with Crippen molar-refractivity contribution in [3.05, 3.63) is 24.3 Å². The summed E-state index contributed by atoms with van der Waals surface area (Å²) >= 11 is 1.89. The number of hydrogen-bond donors (Lipinski definition) is 2. The second kappa shape index (κ2) is 6.60. The van der Waals surface area contributed by atoms with Crippen molar-refractivity contribution in [2.45, 2.75) is 12.8 Å². The van der Waals surface area contributed by atoms with E-state index >= 15 is 0 Å². The van der Waals surface area contributed by atoms with E-state index in [2.05, 4.69) is 11.6 Å². The smallest absolute Gasteiger partial charge is 0.115 e. The normalized spacial score (nSPS) is 10.1. The molecule has 0 aliphatic heterocycles. The van der Waals surface area contributed by atoms with Gasteiger partial charge in [-0.05, 0) is 49.1 Å². The van der Waals surface area contributed by atoms with Gasteiger partial charge in [0.1, 0.15) is 5.75 Å². The average Bonchev–Trinajstić information content (AvgIpc) is 2.21. The Kier molecular flexibility index (Phi) is 5.30. The molecule has 0 aliphatic carbocycles. The fraction of sp³-hybridized carbons (Fsp3) is 0.455. The number of phenolic OH excluding ortho intramolecular Hbond substituents is 1. The van der Waals surface area contributed by atoms with Crippen LogP contribution in [-0.4, -0.2) is 23.7 Å². The highest BCUT2D eigenvalue weighted by atomic mass is 32.2. The summed E-state index contributed by atoms with van der Waals surface area (Å²) in [6, 6.07) is 7.18. The first-order chi connectivity index (χ1) is 6.83. The second-order valence-corrected chi connectivity index (χ2v) is 4.16. The lowest BCUT2D eigenvalue weighted by atomic mass is 10.3. The van der Waals surface area contributed by atoms with Crippen LogP contribution in [0.25, 0.3) is 0 Å². The van der Waals surface area contributed by atoms with E-state index in [1.54, 1.807) is 12.1 Å². The first kappa shape index (κ1) is 11.2. The predicted molar refractivity (Wildman–Crippen MR) is 64.2 cm³/mol. The Hall–Kier alpha value is -0.830. The summed E-state index contributed by atoms with van der Waals surface area (Å²) < 4.78 is 0. The van der Waals surface area contributed by atoms with Crippen LogP contribution in [-0.2, 0) is 0 Å². The summed E-state index contributed by atoms with van der Waals surface area (Å²) in [6.07, 6.45) is 4.58. The van der Waals surface area contributed by atoms with Crippen LogP contribution < -0.4 is 5.32 Å². The molecule has 0 atom stereocenters. The highest BCUT2D eigenvalue weighted by Gasteiger charge is 1.91. The predicted octanol–water partition coefficient (Wildman–Crippen LogP) is 2.95. The topological polar surface area (TPSA) is 32.3 Å². The van der Waals surface area contributed by atoms with Crippen molar-refractivity contribution in [1.82, 2.24) is 0 Å². The number of phenols is 1. The van der Waals surface area contributed by atoms with Crippen LogP contribution in [0.15, 0.2) is 24.3 Å². The van der Waals surface area contributed by atoms with Crippen LogP contribution >= 0.6 is 11.8 Å². The van der Waals surface area contributed by atoms with Crippen LogP contribution in [0.2, 0.25) is 0 Å². The Morgan fingerprint density at radius 1 is 1.21 bits per heavy atom. The number of aromatic hydroxyl groups is 1. The Bertz CT molecular complexity index is 248. The van der Waals surface area contributed by atoms with Crippen LogP contribution in [0, 0.1) is 0 Å². The van der Waals surface area contributed by atoms with Crippen molar-refractivity contribution in [3.63, 3.8) is 0 Å². The van der Waals surface area contributed by atoms with Gasteiger partial charge in [-0.2, -0.15) is 11.8 Å². The lowest BCUT2D eigenvalue weighted by molar-refractivity contribution is 0.475. The Balaban J connectivity index is 2.15. The zero-order chi connectivity index (χ0) is 10.2. The Morgan fingerprint density at radius 2 is 1.93 bits per heavy atom. The van der Waals surface area contributed by atoms with E-state index in [4.69, 9.17) is 5.11 Å². The molecule has 2 nitrogen and oxygen atoms in total. The van der Waals surface area contributed by atoms with Crippen molar-refractivity contribution in [2.24, 2.45) is 0 Å². The molecule has 0 spiro atoms. The Morgan fingerprint density at radius 3 is 2.57 bits per heavy atom. The van der Waals surface area contributed by atoms with Gasteiger partial charge in [-0.1, -0.05) is 0 Å². The number of thioether (sulfide) groups is 1. The van der Waals surface area contributed by atoms with Crippen molar-refractivity contribution in [1.29, 1.82) is 0 Å². The number of rotatable bonds is 6. The minimum atomic E-state index is 0.318. The van der Waals surface area contributed by atoms with Gasteiger partial charge in [0, 0.05) is 12.2 Å². The van der Waals surface area contributed by atoms with Crippen molar-refractivity contribution in [3.8, 4) is 5.75 Å². The second-order valence-electron chi connectivity index (χ2n) is 3.17. The van der Waals surface area contributed by atoms with E-state index in [1.807, 2.05) is 23.9 Å². The number of nitrogens with one attached hydrogen (secondary N) is 1. The average molecular weight is 211 g/mol. The standard InChI is InChI=1S/C11H17NOS/c1-14-9-3-2-8-12-10-4-6-11(13)7-5-10/h4-7,12-13H,2-3,8-9H2,1H3. The highest BCUT2D eigenvalue weighted by Crippen LogP contribution is 2.13. The largest absolute Gasteiger partial charge is 0.508 e. The molecule has 0 amide bonds. The monoisotopic (exact) mass is 211 g/mol. The third-order valence-electron chi connectivity index (χ3n) is 1.97. The van der Waals surface area contributed by atoms with Crippen molar-refractivity contribution >= 4 is 17.4 Å². The molecule has 0 aromatic heterocycles. The zero-order valence-electron chi connectivity index (χ0n) is 8.49. The maximum Gasteiger partial charge on any atom is 0.115 e. The summed E-state index contributed by atoms with van der Waals surface area (Å²) in [5.41, 5.74) is 1.08. The highest BCUT2D eigenvalue weighted by molar-refractivity contribution is 7.98. The van der Waals surface area contributed by atoms with E-state index in [-0.39, 0.29) is 0 Å². The molecule has 1 rings (SSSR count). The number of unbranched alkanes of at least 4 members (excludes halogenated alkanes) is 1. The van der Waals surface area contributed by atoms with Gasteiger partial charge in [0.25, 0.3) is 0 Å². The molecule has 78 valence electrons. The molecule has 0 saturated carbocycles. The van der Waals surface area contributed by atoms with Crippen molar-refractivity contribution in [2.75, 3.05) is 23.9 Å². The summed E-state index contributed by atoms with van der Waals surface area (Å²) in [6.45, 7) is 1.01. The Labute approximate surface area is 89.7 Å². The molecule has 14 heavy (non-hydrogen) atoms. The molecule has 0 unspecified atom stereocenters. The first-order valence-corrected chi connectivity index (χ1v) is 6.24. The van der Waals surface area contributed by atoms with Gasteiger partial charge in [-0.15, -0.1) is 0 Å². The molecular weight excluding hydrogens is 194 g/mol. The number of hydrogen-bond acceptors (Lipinski definition) is 3. The summed E-state index contributed by atoms with van der Waals surface area (Å²) in [5, 5.41) is 12.4. The van der Waals surface area contributed by atoms with Crippen molar-refractivity contribution < 1.29 is 5.11 Å². The van der Waals surface area contributed by atoms with Crippen LogP contribution in [0.4, 0.5) is 5.69 Å². The molecule has 1 aromatic rings. The molecule has 0 fully saturated rings. The zero-order valence-corrected chi connectivity index (χ0v) is 9.31. The fourth-order valence-corrected chi connectivity index (χ4v) is 1.68. The molecule has 1 aromatic carbocycles. The molecule has 0 aliphatic rings. The van der Waals surface area contributed by atoms with Gasteiger partial charge in [0.15, 0.2) is 0 Å². The van der Waals surface area contributed by atoms with Gasteiger partial charge in [0.05, 0.1) is 0 Å². The van der Waals surface area contributed by atoms with Gasteiger partial charge < -0.3 is 10.4 Å².